The highest BCUT2D eigenvalue weighted by atomic mass is 19.1. The van der Waals surface area contributed by atoms with E-state index >= 15 is 0 Å². The van der Waals surface area contributed by atoms with Crippen LogP contribution in [0.15, 0.2) is 28.7 Å². The number of furan rings is 1. The molecule has 0 saturated heterocycles. The average Bonchev–Trinajstić information content (AvgIpc) is 2.84. The van der Waals surface area contributed by atoms with Crippen LogP contribution in [-0.4, -0.2) is 5.78 Å². The minimum atomic E-state index is -0.412. The van der Waals surface area contributed by atoms with Crippen LogP contribution in [0.1, 0.15) is 49.6 Å². The number of benzene rings is 1. The van der Waals surface area contributed by atoms with E-state index in [0.717, 1.165) is 25.7 Å². The lowest BCUT2D eigenvalue weighted by Crippen LogP contribution is -2.29. The van der Waals surface area contributed by atoms with Gasteiger partial charge in [0.1, 0.15) is 0 Å². The summed E-state index contributed by atoms with van der Waals surface area (Å²) in [5.41, 5.74) is -0.159. The third kappa shape index (κ3) is 2.07. The second-order valence-corrected chi connectivity index (χ2v) is 5.72. The van der Waals surface area contributed by atoms with Gasteiger partial charge in [0.05, 0.1) is 0 Å². The van der Waals surface area contributed by atoms with Gasteiger partial charge in [0.25, 0.3) is 0 Å². The number of ketones is 1. The van der Waals surface area contributed by atoms with Crippen LogP contribution in [-0.2, 0) is 0 Å². The second kappa shape index (κ2) is 4.48. The molecule has 3 rings (SSSR count). The first-order valence-corrected chi connectivity index (χ1v) is 6.83. The van der Waals surface area contributed by atoms with Crippen LogP contribution in [0, 0.1) is 11.2 Å². The molecule has 1 aliphatic carbocycles. The van der Waals surface area contributed by atoms with E-state index in [-0.39, 0.29) is 16.8 Å². The molecule has 1 aromatic heterocycles. The maximum absolute atomic E-state index is 13.6. The molecule has 0 unspecified atom stereocenters. The summed E-state index contributed by atoms with van der Waals surface area (Å²) >= 11 is 0. The Hall–Kier alpha value is -1.64. The van der Waals surface area contributed by atoms with Crippen molar-refractivity contribution in [1.29, 1.82) is 0 Å². The van der Waals surface area contributed by atoms with Gasteiger partial charge >= 0.3 is 0 Å². The van der Waals surface area contributed by atoms with Crippen molar-refractivity contribution in [2.75, 3.05) is 0 Å². The zero-order valence-corrected chi connectivity index (χ0v) is 11.0. The number of carbonyl (C=O) groups is 1. The smallest absolute Gasteiger partial charge is 0.203 e. The molecule has 2 aromatic rings. The molecule has 1 heterocycles. The van der Waals surface area contributed by atoms with Gasteiger partial charge in [-0.25, -0.2) is 4.39 Å². The summed E-state index contributed by atoms with van der Waals surface area (Å²) in [6.07, 6.45) is 5.14. The lowest BCUT2D eigenvalue weighted by molar-refractivity contribution is 0.0720. The molecular formula is C16H17FO2. The summed E-state index contributed by atoms with van der Waals surface area (Å²) in [5.74, 6) is -0.0994. The van der Waals surface area contributed by atoms with E-state index < -0.39 is 5.82 Å². The number of carbonyl (C=O) groups excluding carboxylic acids is 1. The Morgan fingerprint density at radius 3 is 2.68 bits per heavy atom. The molecule has 0 bridgehead atoms. The van der Waals surface area contributed by atoms with Crippen molar-refractivity contribution in [3.63, 3.8) is 0 Å². The van der Waals surface area contributed by atoms with Crippen molar-refractivity contribution < 1.29 is 13.6 Å². The fourth-order valence-corrected chi connectivity index (χ4v) is 3.00. The largest absolute Gasteiger partial charge is 0.450 e. The zero-order valence-electron chi connectivity index (χ0n) is 11.0. The molecule has 1 saturated carbocycles. The zero-order chi connectivity index (χ0) is 13.5. The third-order valence-corrected chi connectivity index (χ3v) is 4.23. The summed E-state index contributed by atoms with van der Waals surface area (Å²) in [6.45, 7) is 2.00. The van der Waals surface area contributed by atoms with Gasteiger partial charge in [0.15, 0.2) is 17.2 Å². The lowest BCUT2D eigenvalue weighted by atomic mass is 9.72. The molecule has 1 aromatic carbocycles. The number of rotatable bonds is 2. The summed E-state index contributed by atoms with van der Waals surface area (Å²) in [7, 11) is 0. The summed E-state index contributed by atoms with van der Waals surface area (Å²) < 4.78 is 19.1. The Morgan fingerprint density at radius 1 is 1.26 bits per heavy atom. The SMILES string of the molecule is CC1(C(=O)c2cc3cccc(F)c3o2)CCCCC1. The number of halogens is 1. The lowest BCUT2D eigenvalue weighted by Gasteiger charge is -2.30. The molecule has 19 heavy (non-hydrogen) atoms. The molecule has 1 aliphatic rings. The number of para-hydroxylation sites is 1. The quantitative estimate of drug-likeness (QED) is 0.731. The predicted molar refractivity (Wildman–Crippen MR) is 71.7 cm³/mol. The third-order valence-electron chi connectivity index (χ3n) is 4.23. The molecule has 0 amide bonds. The molecule has 0 N–H and O–H groups in total. The number of hydrogen-bond donors (Lipinski definition) is 0. The highest BCUT2D eigenvalue weighted by molar-refractivity contribution is 6.01. The Labute approximate surface area is 111 Å². The van der Waals surface area contributed by atoms with E-state index in [1.54, 1.807) is 18.2 Å². The van der Waals surface area contributed by atoms with Crippen LogP contribution in [0.2, 0.25) is 0 Å². The fourth-order valence-electron chi connectivity index (χ4n) is 3.00. The number of Topliss-reactive ketones (excluding diaryl/α,β-unsaturated/α-hetero) is 1. The van der Waals surface area contributed by atoms with E-state index in [2.05, 4.69) is 0 Å². The van der Waals surface area contributed by atoms with Crippen LogP contribution >= 0.6 is 0 Å². The van der Waals surface area contributed by atoms with Crippen LogP contribution in [0.5, 0.6) is 0 Å². The molecule has 2 nitrogen and oxygen atoms in total. The molecule has 1 fully saturated rings. The Morgan fingerprint density at radius 2 is 2.00 bits per heavy atom. The summed E-state index contributed by atoms with van der Waals surface area (Å²) in [4.78, 5) is 12.6. The topological polar surface area (TPSA) is 30.2 Å². The Kier molecular flexibility index (Phi) is 2.92. The van der Waals surface area contributed by atoms with Gasteiger partial charge in [-0.3, -0.25) is 4.79 Å². The normalized spacial score (nSPS) is 18.6. The fraction of sp³-hybridized carbons (Fsp3) is 0.438. The van der Waals surface area contributed by atoms with Gasteiger partial charge in [0, 0.05) is 10.8 Å². The minimum absolute atomic E-state index is 0.0165. The molecule has 0 spiro atoms. The second-order valence-electron chi connectivity index (χ2n) is 5.72. The van der Waals surface area contributed by atoms with E-state index in [9.17, 15) is 9.18 Å². The highest BCUT2D eigenvalue weighted by Gasteiger charge is 2.36. The van der Waals surface area contributed by atoms with Crippen LogP contribution < -0.4 is 0 Å². The van der Waals surface area contributed by atoms with Gasteiger partial charge < -0.3 is 4.42 Å². The summed E-state index contributed by atoms with van der Waals surface area (Å²) in [6, 6.07) is 6.41. The van der Waals surface area contributed by atoms with Crippen LogP contribution in [0.3, 0.4) is 0 Å². The van der Waals surface area contributed by atoms with Crippen molar-refractivity contribution in [1.82, 2.24) is 0 Å². The average molecular weight is 260 g/mol. The maximum Gasteiger partial charge on any atom is 0.203 e. The van der Waals surface area contributed by atoms with Crippen LogP contribution in [0.4, 0.5) is 4.39 Å². The molecule has 100 valence electrons. The van der Waals surface area contributed by atoms with Crippen molar-refractivity contribution in [3.05, 3.63) is 35.8 Å². The summed E-state index contributed by atoms with van der Waals surface area (Å²) in [5, 5.41) is 0.655. The van der Waals surface area contributed by atoms with Gasteiger partial charge in [-0.1, -0.05) is 38.3 Å². The molecule has 3 heteroatoms. The number of hydrogen-bond acceptors (Lipinski definition) is 2. The van der Waals surface area contributed by atoms with Gasteiger partial charge in [-0.15, -0.1) is 0 Å². The van der Waals surface area contributed by atoms with E-state index in [0.29, 0.717) is 11.1 Å². The van der Waals surface area contributed by atoms with Crippen molar-refractivity contribution in [3.8, 4) is 0 Å². The van der Waals surface area contributed by atoms with Gasteiger partial charge in [0.2, 0.25) is 5.78 Å². The molecular weight excluding hydrogens is 243 g/mol. The first-order valence-electron chi connectivity index (χ1n) is 6.83. The van der Waals surface area contributed by atoms with E-state index in [4.69, 9.17) is 4.42 Å². The van der Waals surface area contributed by atoms with E-state index in [1.165, 1.54) is 12.5 Å². The van der Waals surface area contributed by atoms with Crippen LogP contribution in [0.25, 0.3) is 11.0 Å². The maximum atomic E-state index is 13.6. The molecule has 0 atom stereocenters. The highest BCUT2D eigenvalue weighted by Crippen LogP contribution is 2.39. The van der Waals surface area contributed by atoms with Crippen molar-refractivity contribution in [2.45, 2.75) is 39.0 Å². The Balaban J connectivity index is 1.99. The Bertz CT molecular complexity index is 621. The molecule has 0 aliphatic heterocycles. The van der Waals surface area contributed by atoms with Gasteiger partial charge in [-0.2, -0.15) is 0 Å². The van der Waals surface area contributed by atoms with Crippen molar-refractivity contribution in [2.24, 2.45) is 5.41 Å². The monoisotopic (exact) mass is 260 g/mol. The molecule has 0 radical (unpaired) electrons. The van der Waals surface area contributed by atoms with E-state index in [1.807, 2.05) is 6.92 Å². The standard InChI is InChI=1S/C16H17FO2/c1-16(8-3-2-4-9-16)15(18)13-10-11-6-5-7-12(17)14(11)19-13/h5-7,10H,2-4,8-9H2,1H3. The van der Waals surface area contributed by atoms with Gasteiger partial charge in [-0.05, 0) is 25.0 Å². The number of fused-ring (bicyclic) bond motifs is 1. The van der Waals surface area contributed by atoms with Crippen molar-refractivity contribution >= 4 is 16.8 Å². The first-order chi connectivity index (χ1) is 9.10. The minimum Gasteiger partial charge on any atom is -0.450 e. The first kappa shape index (κ1) is 12.4. The predicted octanol–water partition coefficient (Wildman–Crippen LogP) is 4.73.